The Labute approximate surface area is 156 Å². The lowest BCUT2D eigenvalue weighted by atomic mass is 10.1. The van der Waals surface area contributed by atoms with Gasteiger partial charge in [-0.25, -0.2) is 0 Å². The number of nitrogens with one attached hydrogen (secondary N) is 1. The van der Waals surface area contributed by atoms with Crippen LogP contribution in [0.1, 0.15) is 29.8 Å². The van der Waals surface area contributed by atoms with Crippen LogP contribution in [0.4, 0.5) is 11.4 Å². The van der Waals surface area contributed by atoms with E-state index in [1.165, 1.54) is 24.0 Å². The van der Waals surface area contributed by atoms with E-state index in [1.807, 2.05) is 0 Å². The van der Waals surface area contributed by atoms with E-state index in [9.17, 15) is 19.5 Å². The van der Waals surface area contributed by atoms with Crippen LogP contribution in [0, 0.1) is 6.92 Å². The maximum atomic E-state index is 12.7. The van der Waals surface area contributed by atoms with Gasteiger partial charge in [0.05, 0.1) is 5.69 Å². The molecule has 7 nitrogen and oxygen atoms in total. The number of rotatable bonds is 4. The molecule has 140 valence electrons. The zero-order chi connectivity index (χ0) is 19.7. The van der Waals surface area contributed by atoms with Crippen LogP contribution in [0.15, 0.2) is 36.4 Å². The molecular formula is C20H20N2O5. The standard InChI is InChI=1S/C20H20N2O5/c1-11-8-15(24)5-6-16(11)21-20(26)12(2)22-17-9-14(13(3)23)4-7-18(17)27-10-19(22)25/h4-9,12,24H,10H2,1-3H3,(H,21,26). The van der Waals surface area contributed by atoms with Crippen molar-refractivity contribution in [3.05, 3.63) is 47.5 Å². The van der Waals surface area contributed by atoms with Crippen LogP contribution in [0.3, 0.4) is 0 Å². The van der Waals surface area contributed by atoms with Gasteiger partial charge < -0.3 is 15.2 Å². The molecule has 0 fully saturated rings. The van der Waals surface area contributed by atoms with E-state index < -0.39 is 11.9 Å². The van der Waals surface area contributed by atoms with Gasteiger partial charge in [0.1, 0.15) is 17.5 Å². The quantitative estimate of drug-likeness (QED) is 0.639. The molecule has 0 aliphatic carbocycles. The van der Waals surface area contributed by atoms with Gasteiger partial charge in [0, 0.05) is 11.3 Å². The van der Waals surface area contributed by atoms with Gasteiger partial charge in [-0.15, -0.1) is 0 Å². The van der Waals surface area contributed by atoms with E-state index in [4.69, 9.17) is 4.74 Å². The first kappa shape index (κ1) is 18.4. The summed E-state index contributed by atoms with van der Waals surface area (Å²) in [7, 11) is 0. The van der Waals surface area contributed by atoms with E-state index in [0.717, 1.165) is 0 Å². The molecule has 2 aromatic carbocycles. The summed E-state index contributed by atoms with van der Waals surface area (Å²) in [4.78, 5) is 38.2. The molecule has 1 unspecified atom stereocenters. The Bertz CT molecular complexity index is 938. The summed E-state index contributed by atoms with van der Waals surface area (Å²) >= 11 is 0. The molecule has 2 aromatic rings. The average molecular weight is 368 g/mol. The van der Waals surface area contributed by atoms with Crippen LogP contribution >= 0.6 is 0 Å². The third-order valence-electron chi connectivity index (χ3n) is 4.48. The predicted molar refractivity (Wildman–Crippen MR) is 100 cm³/mol. The number of amides is 2. The molecule has 7 heteroatoms. The number of aromatic hydroxyl groups is 1. The van der Waals surface area contributed by atoms with E-state index in [2.05, 4.69) is 5.32 Å². The molecule has 1 aliphatic rings. The number of fused-ring (bicyclic) bond motifs is 1. The first-order valence-corrected chi connectivity index (χ1v) is 8.48. The highest BCUT2D eigenvalue weighted by molar-refractivity contribution is 6.08. The third-order valence-corrected chi connectivity index (χ3v) is 4.48. The number of phenolic OH excluding ortho intramolecular Hbond substituents is 1. The van der Waals surface area contributed by atoms with E-state index >= 15 is 0 Å². The zero-order valence-electron chi connectivity index (χ0n) is 15.3. The van der Waals surface area contributed by atoms with Gasteiger partial charge in [-0.05, 0) is 62.7 Å². The fourth-order valence-corrected chi connectivity index (χ4v) is 2.96. The maximum Gasteiger partial charge on any atom is 0.265 e. The Kier molecular flexibility index (Phi) is 4.85. The highest BCUT2D eigenvalue weighted by Gasteiger charge is 2.33. The fourth-order valence-electron chi connectivity index (χ4n) is 2.96. The molecule has 27 heavy (non-hydrogen) atoms. The first-order chi connectivity index (χ1) is 12.8. The summed E-state index contributed by atoms with van der Waals surface area (Å²) in [5.41, 5.74) is 2.06. The van der Waals surface area contributed by atoms with Crippen LogP contribution in [-0.4, -0.2) is 35.4 Å². The van der Waals surface area contributed by atoms with Crippen molar-refractivity contribution in [3.63, 3.8) is 0 Å². The van der Waals surface area contributed by atoms with Crippen molar-refractivity contribution in [1.82, 2.24) is 0 Å². The smallest absolute Gasteiger partial charge is 0.265 e. The Hall–Kier alpha value is -3.35. The van der Waals surface area contributed by atoms with Gasteiger partial charge in [0.25, 0.3) is 5.91 Å². The summed E-state index contributed by atoms with van der Waals surface area (Å²) in [6.45, 7) is 4.62. The number of carbonyl (C=O) groups excluding carboxylic acids is 3. The van der Waals surface area contributed by atoms with Crippen molar-refractivity contribution in [2.75, 3.05) is 16.8 Å². The summed E-state index contributed by atoms with van der Waals surface area (Å²) in [6, 6.07) is 8.59. The summed E-state index contributed by atoms with van der Waals surface area (Å²) in [5.74, 6) is -0.355. The molecule has 3 rings (SSSR count). The van der Waals surface area contributed by atoms with Gasteiger partial charge in [0.15, 0.2) is 12.4 Å². The van der Waals surface area contributed by atoms with Crippen molar-refractivity contribution in [2.24, 2.45) is 0 Å². The molecule has 2 N–H and O–H groups in total. The lowest BCUT2D eigenvalue weighted by Gasteiger charge is -2.33. The molecule has 0 aromatic heterocycles. The largest absolute Gasteiger partial charge is 0.508 e. The topological polar surface area (TPSA) is 95.9 Å². The number of ketones is 1. The number of anilines is 2. The predicted octanol–water partition coefficient (Wildman–Crippen LogP) is 2.66. The average Bonchev–Trinajstić information content (AvgIpc) is 2.62. The minimum atomic E-state index is -0.824. The van der Waals surface area contributed by atoms with Crippen LogP contribution in [-0.2, 0) is 9.59 Å². The number of carbonyl (C=O) groups is 3. The van der Waals surface area contributed by atoms with Crippen LogP contribution in [0.5, 0.6) is 11.5 Å². The molecule has 2 amide bonds. The van der Waals surface area contributed by atoms with Gasteiger partial charge in [-0.2, -0.15) is 0 Å². The van der Waals surface area contributed by atoms with Crippen molar-refractivity contribution in [3.8, 4) is 11.5 Å². The third kappa shape index (κ3) is 3.62. The lowest BCUT2D eigenvalue weighted by Crippen LogP contribution is -2.49. The lowest BCUT2D eigenvalue weighted by molar-refractivity contribution is -0.125. The second-order valence-electron chi connectivity index (χ2n) is 6.46. The second kappa shape index (κ2) is 7.11. The Morgan fingerprint density at radius 3 is 2.63 bits per heavy atom. The number of benzene rings is 2. The number of hydrogen-bond acceptors (Lipinski definition) is 5. The summed E-state index contributed by atoms with van der Waals surface area (Å²) in [5, 5.41) is 12.3. The van der Waals surface area contributed by atoms with Gasteiger partial charge in [0.2, 0.25) is 5.91 Å². The molecule has 1 heterocycles. The minimum Gasteiger partial charge on any atom is -0.508 e. The molecular weight excluding hydrogens is 348 g/mol. The van der Waals surface area contributed by atoms with Crippen molar-refractivity contribution < 1.29 is 24.2 Å². The number of phenols is 1. The molecule has 0 saturated heterocycles. The van der Waals surface area contributed by atoms with Crippen molar-refractivity contribution >= 4 is 29.0 Å². The first-order valence-electron chi connectivity index (χ1n) is 8.48. The molecule has 0 saturated carbocycles. The molecule has 0 radical (unpaired) electrons. The van der Waals surface area contributed by atoms with Gasteiger partial charge in [-0.1, -0.05) is 0 Å². The Morgan fingerprint density at radius 2 is 1.96 bits per heavy atom. The molecule has 0 bridgehead atoms. The Balaban J connectivity index is 1.90. The van der Waals surface area contributed by atoms with E-state index in [-0.39, 0.29) is 24.0 Å². The van der Waals surface area contributed by atoms with Crippen molar-refractivity contribution in [1.29, 1.82) is 0 Å². The van der Waals surface area contributed by atoms with E-state index in [1.54, 1.807) is 38.1 Å². The highest BCUT2D eigenvalue weighted by Crippen LogP contribution is 2.34. The molecule has 1 atom stereocenters. The minimum absolute atomic E-state index is 0.104. The number of Topliss-reactive ketones (excluding diaryl/α,β-unsaturated/α-hetero) is 1. The second-order valence-corrected chi connectivity index (χ2v) is 6.46. The van der Waals surface area contributed by atoms with Crippen LogP contribution < -0.4 is 15.0 Å². The molecule has 1 aliphatic heterocycles. The van der Waals surface area contributed by atoms with Gasteiger partial charge >= 0.3 is 0 Å². The van der Waals surface area contributed by atoms with Crippen LogP contribution in [0.2, 0.25) is 0 Å². The zero-order valence-corrected chi connectivity index (χ0v) is 15.3. The number of nitrogens with zero attached hydrogens (tertiary/aromatic N) is 1. The summed E-state index contributed by atoms with van der Waals surface area (Å²) in [6.07, 6.45) is 0. The van der Waals surface area contributed by atoms with E-state index in [0.29, 0.717) is 28.3 Å². The van der Waals surface area contributed by atoms with Crippen LogP contribution in [0.25, 0.3) is 0 Å². The highest BCUT2D eigenvalue weighted by atomic mass is 16.5. The monoisotopic (exact) mass is 368 g/mol. The van der Waals surface area contributed by atoms with Crippen molar-refractivity contribution in [2.45, 2.75) is 26.8 Å². The number of aryl methyl sites for hydroxylation is 1. The SMILES string of the molecule is CC(=O)c1ccc2c(c1)N(C(C)C(=O)Nc1ccc(O)cc1C)C(=O)CO2. The normalized spacial score (nSPS) is 14.2. The number of ether oxygens (including phenoxy) is 1. The summed E-state index contributed by atoms with van der Waals surface area (Å²) < 4.78 is 5.42. The van der Waals surface area contributed by atoms with Gasteiger partial charge in [-0.3, -0.25) is 19.3 Å². The molecule has 0 spiro atoms. The number of hydrogen-bond donors (Lipinski definition) is 2. The Morgan fingerprint density at radius 1 is 1.22 bits per heavy atom. The fraction of sp³-hybridized carbons (Fsp3) is 0.250. The maximum absolute atomic E-state index is 12.7.